The predicted octanol–water partition coefficient (Wildman–Crippen LogP) is 6.86. The molecule has 2 rings (SSSR count). The second-order valence-electron chi connectivity index (χ2n) is 7.58. The van der Waals surface area contributed by atoms with Crippen molar-refractivity contribution in [3.05, 3.63) is 70.9 Å². The minimum absolute atomic E-state index is 0.410. The Hall–Kier alpha value is -1.91. The average Bonchev–Trinajstić information content (AvgIpc) is 2.68. The van der Waals surface area contributed by atoms with Gasteiger partial charge in [0, 0.05) is 35.3 Å². The molecule has 0 spiro atoms. The maximum Gasteiger partial charge on any atom is 0.0418 e. The summed E-state index contributed by atoms with van der Waals surface area (Å²) in [6.07, 6.45) is 11.0. The van der Waals surface area contributed by atoms with E-state index in [-0.39, 0.29) is 0 Å². The van der Waals surface area contributed by atoms with Gasteiger partial charge in [0.05, 0.1) is 0 Å². The molecule has 1 fully saturated rings. The molecule has 1 aliphatic heterocycles. The first kappa shape index (κ1) is 21.4. The van der Waals surface area contributed by atoms with Gasteiger partial charge in [-0.1, -0.05) is 61.2 Å². The maximum atomic E-state index is 6.03. The molecule has 0 aromatic heterocycles. The first-order valence-electron chi connectivity index (χ1n) is 9.98. The van der Waals surface area contributed by atoms with Crippen molar-refractivity contribution in [1.29, 1.82) is 0 Å². The van der Waals surface area contributed by atoms with Crippen molar-refractivity contribution in [1.82, 2.24) is 4.90 Å². The van der Waals surface area contributed by atoms with Gasteiger partial charge in [-0.25, -0.2) is 0 Å². The number of halogens is 1. The SMILES string of the molecule is C=C/C=C\C(C)=C(/C)N1CCCC(CCC(C)C#Cc2cccc(Cl)c2)C1. The van der Waals surface area contributed by atoms with Gasteiger partial charge in [0.25, 0.3) is 0 Å². The van der Waals surface area contributed by atoms with E-state index in [1.165, 1.54) is 43.6 Å². The average molecular weight is 382 g/mol. The molecule has 0 saturated carbocycles. The van der Waals surface area contributed by atoms with Gasteiger partial charge >= 0.3 is 0 Å². The zero-order valence-corrected chi connectivity index (χ0v) is 17.7. The van der Waals surface area contributed by atoms with Crippen molar-refractivity contribution < 1.29 is 0 Å². The van der Waals surface area contributed by atoms with E-state index in [0.29, 0.717) is 5.92 Å². The topological polar surface area (TPSA) is 3.24 Å². The third kappa shape index (κ3) is 7.31. The van der Waals surface area contributed by atoms with Crippen LogP contribution < -0.4 is 0 Å². The number of nitrogens with zero attached hydrogens (tertiary/aromatic N) is 1. The van der Waals surface area contributed by atoms with Crippen molar-refractivity contribution in [2.75, 3.05) is 13.1 Å². The van der Waals surface area contributed by atoms with Crippen LogP contribution in [-0.4, -0.2) is 18.0 Å². The molecule has 2 atom stereocenters. The summed E-state index contributed by atoms with van der Waals surface area (Å²) < 4.78 is 0. The highest BCUT2D eigenvalue weighted by molar-refractivity contribution is 6.30. The largest absolute Gasteiger partial charge is 0.375 e. The molecule has 1 saturated heterocycles. The highest BCUT2D eigenvalue weighted by atomic mass is 35.5. The fourth-order valence-electron chi connectivity index (χ4n) is 3.52. The quantitative estimate of drug-likeness (QED) is 0.384. The van der Waals surface area contributed by atoms with Gasteiger partial charge < -0.3 is 4.90 Å². The molecule has 2 unspecified atom stereocenters. The fourth-order valence-corrected chi connectivity index (χ4v) is 3.71. The van der Waals surface area contributed by atoms with Crippen molar-refractivity contribution in [3.63, 3.8) is 0 Å². The maximum absolute atomic E-state index is 6.03. The van der Waals surface area contributed by atoms with E-state index in [1.54, 1.807) is 0 Å². The van der Waals surface area contributed by atoms with Gasteiger partial charge in [-0.3, -0.25) is 0 Å². The number of allylic oxidation sites excluding steroid dienone is 5. The van der Waals surface area contributed by atoms with Crippen LogP contribution in [-0.2, 0) is 0 Å². The van der Waals surface area contributed by atoms with Crippen LogP contribution in [0.3, 0.4) is 0 Å². The summed E-state index contributed by atoms with van der Waals surface area (Å²) in [6.45, 7) is 12.8. The van der Waals surface area contributed by atoms with Gasteiger partial charge in [0.2, 0.25) is 0 Å². The second-order valence-corrected chi connectivity index (χ2v) is 8.01. The summed E-state index contributed by atoms with van der Waals surface area (Å²) in [5.74, 6) is 7.83. The summed E-state index contributed by atoms with van der Waals surface area (Å²) in [4.78, 5) is 2.55. The van der Waals surface area contributed by atoms with Crippen LogP contribution in [0.2, 0.25) is 5.02 Å². The zero-order chi connectivity index (χ0) is 19.6. The van der Waals surface area contributed by atoms with E-state index in [4.69, 9.17) is 11.6 Å². The summed E-state index contributed by atoms with van der Waals surface area (Å²) in [6, 6.07) is 7.79. The van der Waals surface area contributed by atoms with Crippen molar-refractivity contribution >= 4 is 11.6 Å². The van der Waals surface area contributed by atoms with Crippen LogP contribution in [0.5, 0.6) is 0 Å². The summed E-state index contributed by atoms with van der Waals surface area (Å²) in [5.41, 5.74) is 3.73. The molecule has 0 bridgehead atoms. The Labute approximate surface area is 170 Å². The Bertz CT molecular complexity index is 747. The standard InChI is InChI=1S/C25H32ClN/c1-5-6-9-21(3)22(4)27-17-8-11-24(19-27)16-14-20(2)13-15-23-10-7-12-25(26)18-23/h5-7,9-10,12,18,20,24H,1,8,11,14,16-17,19H2,2-4H3/b9-6-,22-21+. The second kappa shape index (κ2) is 11.1. The van der Waals surface area contributed by atoms with Crippen LogP contribution in [0.25, 0.3) is 0 Å². The lowest BCUT2D eigenvalue weighted by molar-refractivity contribution is 0.203. The summed E-state index contributed by atoms with van der Waals surface area (Å²) >= 11 is 6.03. The molecule has 0 amide bonds. The fraction of sp³-hybridized carbons (Fsp3) is 0.440. The van der Waals surface area contributed by atoms with Crippen LogP contribution in [0.4, 0.5) is 0 Å². The van der Waals surface area contributed by atoms with E-state index < -0.39 is 0 Å². The smallest absolute Gasteiger partial charge is 0.0418 e. The minimum Gasteiger partial charge on any atom is -0.375 e. The molecule has 2 heteroatoms. The predicted molar refractivity (Wildman–Crippen MR) is 119 cm³/mol. The van der Waals surface area contributed by atoms with E-state index in [2.05, 4.69) is 50.2 Å². The number of hydrogen-bond donors (Lipinski definition) is 0. The molecule has 144 valence electrons. The minimum atomic E-state index is 0.410. The van der Waals surface area contributed by atoms with Crippen LogP contribution >= 0.6 is 11.6 Å². The van der Waals surface area contributed by atoms with Gasteiger partial charge in [-0.15, -0.1) is 0 Å². The number of benzene rings is 1. The van der Waals surface area contributed by atoms with Gasteiger partial charge in [-0.2, -0.15) is 0 Å². The third-order valence-electron chi connectivity index (χ3n) is 5.34. The summed E-state index contributed by atoms with van der Waals surface area (Å²) in [5, 5.41) is 0.749. The van der Waals surface area contributed by atoms with E-state index in [0.717, 1.165) is 22.9 Å². The van der Waals surface area contributed by atoms with Crippen LogP contribution in [0.1, 0.15) is 52.0 Å². The van der Waals surface area contributed by atoms with Crippen LogP contribution in [0.15, 0.2) is 60.3 Å². The monoisotopic (exact) mass is 381 g/mol. The van der Waals surface area contributed by atoms with E-state index in [1.807, 2.05) is 36.4 Å². The molecule has 1 aromatic rings. The molecule has 0 radical (unpaired) electrons. The lowest BCUT2D eigenvalue weighted by Crippen LogP contribution is -2.34. The molecule has 0 aliphatic carbocycles. The van der Waals surface area contributed by atoms with Gasteiger partial charge in [-0.05, 0) is 69.2 Å². The van der Waals surface area contributed by atoms with E-state index >= 15 is 0 Å². The number of likely N-dealkylation sites (tertiary alicyclic amines) is 1. The Morgan fingerprint density at radius 3 is 2.96 bits per heavy atom. The summed E-state index contributed by atoms with van der Waals surface area (Å²) in [7, 11) is 0. The molecule has 1 nitrogen and oxygen atoms in total. The Kier molecular flexibility index (Phi) is 8.76. The molecule has 1 aromatic carbocycles. The normalized spacial score (nSPS) is 19.3. The molecule has 0 N–H and O–H groups in total. The van der Waals surface area contributed by atoms with Crippen molar-refractivity contribution in [3.8, 4) is 11.8 Å². The van der Waals surface area contributed by atoms with Gasteiger partial charge in [0.15, 0.2) is 0 Å². The highest BCUT2D eigenvalue weighted by Crippen LogP contribution is 2.26. The van der Waals surface area contributed by atoms with Crippen molar-refractivity contribution in [2.45, 2.75) is 46.5 Å². The van der Waals surface area contributed by atoms with Crippen molar-refractivity contribution in [2.24, 2.45) is 11.8 Å². The number of hydrogen-bond acceptors (Lipinski definition) is 1. The number of piperidine rings is 1. The zero-order valence-electron chi connectivity index (χ0n) is 17.0. The van der Waals surface area contributed by atoms with Gasteiger partial charge in [0.1, 0.15) is 0 Å². The first-order chi connectivity index (χ1) is 13.0. The molecule has 1 heterocycles. The molecule has 1 aliphatic rings. The first-order valence-corrected chi connectivity index (χ1v) is 10.4. The molecule has 27 heavy (non-hydrogen) atoms. The molecular weight excluding hydrogens is 350 g/mol. The molecular formula is C25H32ClN. The Morgan fingerprint density at radius 2 is 2.22 bits per heavy atom. The lowest BCUT2D eigenvalue weighted by Gasteiger charge is -2.36. The van der Waals surface area contributed by atoms with Crippen LogP contribution in [0, 0.1) is 23.7 Å². The Balaban J connectivity index is 1.87. The Morgan fingerprint density at radius 1 is 1.41 bits per heavy atom. The van der Waals surface area contributed by atoms with E-state index in [9.17, 15) is 0 Å². The number of rotatable bonds is 6. The third-order valence-corrected chi connectivity index (χ3v) is 5.58. The lowest BCUT2D eigenvalue weighted by atomic mass is 9.90. The highest BCUT2D eigenvalue weighted by Gasteiger charge is 2.20.